The van der Waals surface area contributed by atoms with Crippen molar-refractivity contribution in [3.05, 3.63) is 78.0 Å². The lowest BCUT2D eigenvalue weighted by molar-refractivity contribution is -0.121. The number of hydrogen-bond donors (Lipinski definition) is 2. The molecule has 2 heterocycles. The molecule has 0 radical (unpaired) electrons. The van der Waals surface area contributed by atoms with E-state index in [0.29, 0.717) is 43.9 Å². The van der Waals surface area contributed by atoms with Gasteiger partial charge in [-0.1, -0.05) is 65.8 Å². The van der Waals surface area contributed by atoms with Crippen LogP contribution in [0, 0.1) is 0 Å². The summed E-state index contributed by atoms with van der Waals surface area (Å²) in [4.78, 5) is 27.4. The summed E-state index contributed by atoms with van der Waals surface area (Å²) in [5, 5.41) is 10.5. The van der Waals surface area contributed by atoms with Crippen molar-refractivity contribution in [2.75, 3.05) is 26.2 Å². The van der Waals surface area contributed by atoms with E-state index in [2.05, 4.69) is 15.8 Å². The molecule has 1 aromatic heterocycles. The number of benzene rings is 2. The first-order valence-corrected chi connectivity index (χ1v) is 11.6. The fourth-order valence-corrected chi connectivity index (χ4v) is 4.04. The molecule has 2 amide bonds. The molecule has 1 aliphatic rings. The maximum atomic E-state index is 13.1. The molecule has 1 unspecified atom stereocenters. The van der Waals surface area contributed by atoms with Crippen LogP contribution in [0.5, 0.6) is 0 Å². The summed E-state index contributed by atoms with van der Waals surface area (Å²) in [7, 11) is 0. The minimum atomic E-state index is -0.141. The zero-order chi connectivity index (χ0) is 22.9. The van der Waals surface area contributed by atoms with Gasteiger partial charge in [0.15, 0.2) is 11.5 Å². The minimum Gasteiger partial charge on any atom is -0.356 e. The highest BCUT2D eigenvalue weighted by Gasteiger charge is 2.21. The van der Waals surface area contributed by atoms with Crippen molar-refractivity contribution in [2.45, 2.75) is 31.7 Å². The van der Waals surface area contributed by atoms with Gasteiger partial charge in [0.2, 0.25) is 5.91 Å². The second-order valence-electron chi connectivity index (χ2n) is 8.27. The third-order valence-corrected chi connectivity index (χ3v) is 5.84. The van der Waals surface area contributed by atoms with E-state index in [0.717, 1.165) is 30.5 Å². The molecule has 172 valence electrons. The molecule has 4 rings (SSSR count). The topological polar surface area (TPSA) is 87.5 Å². The van der Waals surface area contributed by atoms with Crippen LogP contribution in [-0.4, -0.2) is 48.0 Å². The number of nitrogens with one attached hydrogen (secondary N) is 2. The van der Waals surface area contributed by atoms with Gasteiger partial charge in [0, 0.05) is 43.7 Å². The normalized spacial score (nSPS) is 18.5. The Balaban J connectivity index is 1.39. The fraction of sp³-hybridized carbons (Fsp3) is 0.346. The quantitative estimate of drug-likeness (QED) is 0.639. The third-order valence-electron chi connectivity index (χ3n) is 5.84. The molecule has 1 atom stereocenters. The van der Waals surface area contributed by atoms with Crippen LogP contribution >= 0.6 is 0 Å². The molecule has 0 bridgehead atoms. The first-order chi connectivity index (χ1) is 16.2. The van der Waals surface area contributed by atoms with Gasteiger partial charge in [0.05, 0.1) is 0 Å². The second-order valence-corrected chi connectivity index (χ2v) is 8.27. The molecule has 7 heteroatoms. The maximum absolute atomic E-state index is 13.1. The van der Waals surface area contributed by atoms with Gasteiger partial charge in [-0.05, 0) is 31.4 Å². The van der Waals surface area contributed by atoms with Gasteiger partial charge in [0.1, 0.15) is 0 Å². The highest BCUT2D eigenvalue weighted by atomic mass is 16.5. The van der Waals surface area contributed by atoms with Crippen LogP contribution in [0.25, 0.3) is 11.3 Å². The van der Waals surface area contributed by atoms with Crippen molar-refractivity contribution in [2.24, 2.45) is 0 Å². The summed E-state index contributed by atoms with van der Waals surface area (Å²) >= 11 is 0. The van der Waals surface area contributed by atoms with Crippen LogP contribution in [0.1, 0.15) is 47.8 Å². The smallest absolute Gasteiger partial charge is 0.276 e. The van der Waals surface area contributed by atoms with Crippen molar-refractivity contribution in [3.8, 4) is 11.3 Å². The van der Waals surface area contributed by atoms with Gasteiger partial charge >= 0.3 is 0 Å². The molecular weight excluding hydrogens is 416 g/mol. The van der Waals surface area contributed by atoms with E-state index in [4.69, 9.17) is 4.52 Å². The van der Waals surface area contributed by atoms with E-state index in [1.807, 2.05) is 65.6 Å². The van der Waals surface area contributed by atoms with Crippen molar-refractivity contribution in [3.63, 3.8) is 0 Å². The molecule has 0 spiro atoms. The molecule has 0 aliphatic carbocycles. The fourth-order valence-electron chi connectivity index (χ4n) is 4.04. The Morgan fingerprint density at radius 3 is 2.45 bits per heavy atom. The average molecular weight is 447 g/mol. The van der Waals surface area contributed by atoms with Crippen molar-refractivity contribution < 1.29 is 14.1 Å². The van der Waals surface area contributed by atoms with E-state index >= 15 is 0 Å². The van der Waals surface area contributed by atoms with Gasteiger partial charge in [-0.3, -0.25) is 9.59 Å². The first-order valence-electron chi connectivity index (χ1n) is 11.6. The minimum absolute atomic E-state index is 0.0116. The maximum Gasteiger partial charge on any atom is 0.276 e. The standard InChI is InChI=1S/C26H30N4O3/c31-25-19-22(20-10-3-1-4-11-20)27-14-7-8-16-30(17-9-15-28-25)26(32)23-18-24(33-29-23)21-12-5-2-6-13-21/h1-6,10-13,18,22,27H,7-9,14-17,19H2,(H,28,31). The zero-order valence-corrected chi connectivity index (χ0v) is 18.7. The van der Waals surface area contributed by atoms with Gasteiger partial charge in [-0.2, -0.15) is 0 Å². The highest BCUT2D eigenvalue weighted by molar-refractivity contribution is 5.93. The third kappa shape index (κ3) is 6.29. The van der Waals surface area contributed by atoms with E-state index in [1.165, 1.54) is 0 Å². The highest BCUT2D eigenvalue weighted by Crippen LogP contribution is 2.21. The molecule has 1 saturated heterocycles. The summed E-state index contributed by atoms with van der Waals surface area (Å²) < 4.78 is 5.42. The SMILES string of the molecule is O=C1CC(c2ccccc2)NCCCCN(C(=O)c2cc(-c3ccccc3)on2)CCCN1. The summed E-state index contributed by atoms with van der Waals surface area (Å²) in [5.41, 5.74) is 2.31. The molecule has 3 aromatic rings. The van der Waals surface area contributed by atoms with Crippen LogP contribution < -0.4 is 10.6 Å². The monoisotopic (exact) mass is 446 g/mol. The van der Waals surface area contributed by atoms with Crippen LogP contribution in [0.3, 0.4) is 0 Å². The molecule has 33 heavy (non-hydrogen) atoms. The van der Waals surface area contributed by atoms with E-state index in [-0.39, 0.29) is 17.9 Å². The zero-order valence-electron chi connectivity index (χ0n) is 18.7. The van der Waals surface area contributed by atoms with Crippen LogP contribution in [0.15, 0.2) is 71.3 Å². The average Bonchev–Trinajstić information content (AvgIpc) is 3.35. The Morgan fingerprint density at radius 2 is 1.67 bits per heavy atom. The predicted octanol–water partition coefficient (Wildman–Crippen LogP) is 3.80. The van der Waals surface area contributed by atoms with Crippen LogP contribution in [0.2, 0.25) is 0 Å². The number of amides is 2. The lowest BCUT2D eigenvalue weighted by atomic mass is 10.0. The molecular formula is C26H30N4O3. The molecule has 7 nitrogen and oxygen atoms in total. The second kappa shape index (κ2) is 11.4. The van der Waals surface area contributed by atoms with Gasteiger partial charge in [0.25, 0.3) is 5.91 Å². The Bertz CT molecular complexity index is 1040. The van der Waals surface area contributed by atoms with Crippen molar-refractivity contribution >= 4 is 11.8 Å². The van der Waals surface area contributed by atoms with Crippen LogP contribution in [0.4, 0.5) is 0 Å². The van der Waals surface area contributed by atoms with E-state index < -0.39 is 0 Å². The number of carbonyl (C=O) groups excluding carboxylic acids is 2. The number of hydrogen-bond acceptors (Lipinski definition) is 5. The largest absolute Gasteiger partial charge is 0.356 e. The van der Waals surface area contributed by atoms with E-state index in [1.54, 1.807) is 6.07 Å². The summed E-state index contributed by atoms with van der Waals surface area (Å²) in [6, 6.07) is 21.4. The van der Waals surface area contributed by atoms with Gasteiger partial charge < -0.3 is 20.1 Å². The van der Waals surface area contributed by atoms with Crippen molar-refractivity contribution in [1.82, 2.24) is 20.7 Å². The molecule has 1 aliphatic heterocycles. The summed E-state index contributed by atoms with van der Waals surface area (Å²) in [5.74, 6) is 0.447. The molecule has 0 saturated carbocycles. The number of nitrogens with zero attached hydrogens (tertiary/aromatic N) is 2. The number of aromatic nitrogens is 1. The van der Waals surface area contributed by atoms with Gasteiger partial charge in [-0.15, -0.1) is 0 Å². The van der Waals surface area contributed by atoms with E-state index in [9.17, 15) is 9.59 Å². The Morgan fingerprint density at radius 1 is 0.939 bits per heavy atom. The Hall–Kier alpha value is -3.45. The molecule has 2 aromatic carbocycles. The molecule has 2 N–H and O–H groups in total. The summed E-state index contributed by atoms with van der Waals surface area (Å²) in [6.07, 6.45) is 2.85. The Kier molecular flexibility index (Phi) is 7.87. The number of rotatable bonds is 3. The lowest BCUT2D eigenvalue weighted by Gasteiger charge is -2.21. The molecule has 1 fully saturated rings. The van der Waals surface area contributed by atoms with Crippen LogP contribution in [-0.2, 0) is 4.79 Å². The Labute approximate surface area is 194 Å². The first kappa shape index (κ1) is 22.7. The van der Waals surface area contributed by atoms with Crippen molar-refractivity contribution in [1.29, 1.82) is 0 Å². The summed E-state index contributed by atoms with van der Waals surface area (Å²) in [6.45, 7) is 2.50. The number of carbonyl (C=O) groups is 2. The lowest BCUT2D eigenvalue weighted by Crippen LogP contribution is -2.35. The predicted molar refractivity (Wildman–Crippen MR) is 127 cm³/mol. The van der Waals surface area contributed by atoms with Gasteiger partial charge in [-0.25, -0.2) is 0 Å².